The lowest BCUT2D eigenvalue weighted by molar-refractivity contribution is 0.0696. The molecule has 0 aromatic carbocycles. The highest BCUT2D eigenvalue weighted by molar-refractivity contribution is 7.08. The fraction of sp³-hybridized carbons (Fsp3) is 0.0667. The number of fused-ring (bicyclic) bond motifs is 1. The van der Waals surface area contributed by atoms with Crippen LogP contribution in [0.5, 0.6) is 0 Å². The summed E-state index contributed by atoms with van der Waals surface area (Å²) in [7, 11) is 0. The summed E-state index contributed by atoms with van der Waals surface area (Å²) in [6, 6.07) is 6.41. The SMILES string of the molecule is Cc1c(C(=O)O)c2cc(=O)ccc-2cn1-c1ccsc1. The van der Waals surface area contributed by atoms with E-state index in [4.69, 9.17) is 0 Å². The Bertz CT molecular complexity index is 818. The number of pyridine rings is 1. The average molecular weight is 285 g/mol. The lowest BCUT2D eigenvalue weighted by Crippen LogP contribution is -2.13. The molecule has 1 aliphatic heterocycles. The third-order valence-corrected chi connectivity index (χ3v) is 3.95. The third kappa shape index (κ3) is 1.92. The van der Waals surface area contributed by atoms with Crippen LogP contribution in [0.1, 0.15) is 16.1 Å². The summed E-state index contributed by atoms with van der Waals surface area (Å²) in [5.74, 6) is -1.03. The molecule has 3 rings (SSSR count). The van der Waals surface area contributed by atoms with E-state index in [9.17, 15) is 14.7 Å². The van der Waals surface area contributed by atoms with E-state index in [1.165, 1.54) is 12.1 Å². The molecule has 0 saturated heterocycles. The van der Waals surface area contributed by atoms with E-state index in [2.05, 4.69) is 0 Å². The van der Waals surface area contributed by atoms with Gasteiger partial charge in [-0.1, -0.05) is 0 Å². The predicted molar refractivity (Wildman–Crippen MR) is 78.2 cm³/mol. The maximum absolute atomic E-state index is 11.6. The first kappa shape index (κ1) is 12.6. The molecule has 0 unspecified atom stereocenters. The molecule has 0 fully saturated rings. The van der Waals surface area contributed by atoms with Crippen LogP contribution >= 0.6 is 11.3 Å². The van der Waals surface area contributed by atoms with Crippen molar-refractivity contribution >= 4 is 17.3 Å². The second-order valence-electron chi connectivity index (χ2n) is 4.50. The van der Waals surface area contributed by atoms with Crippen LogP contribution in [0.25, 0.3) is 16.8 Å². The van der Waals surface area contributed by atoms with E-state index in [0.29, 0.717) is 11.3 Å². The first-order valence-corrected chi connectivity index (χ1v) is 6.94. The summed E-state index contributed by atoms with van der Waals surface area (Å²) in [4.78, 5) is 23.0. The zero-order chi connectivity index (χ0) is 14.3. The van der Waals surface area contributed by atoms with Crippen LogP contribution in [0.4, 0.5) is 0 Å². The van der Waals surface area contributed by atoms with E-state index in [-0.39, 0.29) is 11.0 Å². The maximum atomic E-state index is 11.6. The minimum atomic E-state index is -1.03. The van der Waals surface area contributed by atoms with Crippen molar-refractivity contribution in [1.82, 2.24) is 4.57 Å². The Morgan fingerprint density at radius 1 is 1.30 bits per heavy atom. The van der Waals surface area contributed by atoms with Gasteiger partial charge in [-0.05, 0) is 42.1 Å². The van der Waals surface area contributed by atoms with Gasteiger partial charge in [-0.3, -0.25) is 4.79 Å². The van der Waals surface area contributed by atoms with Gasteiger partial charge in [0.2, 0.25) is 0 Å². The number of carboxylic acid groups (broad SMARTS) is 1. The van der Waals surface area contributed by atoms with Crippen molar-refractivity contribution in [3.05, 3.63) is 62.7 Å². The molecular weight excluding hydrogens is 274 g/mol. The molecule has 0 bridgehead atoms. The largest absolute Gasteiger partial charge is 0.478 e. The molecular formula is C15H11NO3S. The van der Waals surface area contributed by atoms with E-state index >= 15 is 0 Å². The first-order valence-electron chi connectivity index (χ1n) is 6.00. The lowest BCUT2D eigenvalue weighted by atomic mass is 9.97. The van der Waals surface area contributed by atoms with E-state index in [1.807, 2.05) is 27.6 Å². The third-order valence-electron chi connectivity index (χ3n) is 3.28. The standard InChI is InChI=1S/C15H11NO3S/c1-9-14(15(18)19)13-6-12(17)3-2-10(13)7-16(9)11-4-5-20-8-11/h2-8H,1H3,(H,18,19). The monoisotopic (exact) mass is 285 g/mol. The molecule has 0 saturated carbocycles. The fourth-order valence-electron chi connectivity index (χ4n) is 2.35. The number of nitrogens with zero attached hydrogens (tertiary/aromatic N) is 1. The van der Waals surface area contributed by atoms with Gasteiger partial charge in [0.1, 0.15) is 0 Å². The van der Waals surface area contributed by atoms with E-state index in [1.54, 1.807) is 24.3 Å². The van der Waals surface area contributed by atoms with Crippen molar-refractivity contribution in [1.29, 1.82) is 0 Å². The zero-order valence-electron chi connectivity index (χ0n) is 10.7. The lowest BCUT2D eigenvalue weighted by Gasteiger charge is -2.18. The first-order chi connectivity index (χ1) is 9.58. The number of benzene rings is 1. The summed E-state index contributed by atoms with van der Waals surface area (Å²) in [5, 5.41) is 13.4. The molecule has 0 amide bonds. The molecule has 1 aliphatic carbocycles. The minimum absolute atomic E-state index is 0.173. The average Bonchev–Trinajstić information content (AvgIpc) is 2.91. The zero-order valence-corrected chi connectivity index (χ0v) is 11.5. The van der Waals surface area contributed by atoms with Gasteiger partial charge in [-0.2, -0.15) is 11.3 Å². The Labute approximate surface area is 118 Å². The summed E-state index contributed by atoms with van der Waals surface area (Å²) >= 11 is 1.55. The Kier molecular flexibility index (Phi) is 2.91. The van der Waals surface area contributed by atoms with Gasteiger partial charge in [0, 0.05) is 22.8 Å². The minimum Gasteiger partial charge on any atom is -0.478 e. The normalized spacial score (nSPS) is 10.8. The number of rotatable bonds is 2. The smallest absolute Gasteiger partial charge is 0.338 e. The Hall–Kier alpha value is -2.40. The van der Waals surface area contributed by atoms with Crippen molar-refractivity contribution in [2.24, 2.45) is 0 Å². The molecule has 0 atom stereocenters. The van der Waals surface area contributed by atoms with Crippen molar-refractivity contribution in [3.8, 4) is 16.8 Å². The molecule has 0 radical (unpaired) electrons. The second-order valence-corrected chi connectivity index (χ2v) is 5.28. The van der Waals surface area contributed by atoms with Crippen molar-refractivity contribution in [2.75, 3.05) is 0 Å². The molecule has 1 aromatic heterocycles. The number of aromatic carboxylic acids is 1. The fourth-order valence-corrected chi connectivity index (χ4v) is 2.98. The molecule has 5 heteroatoms. The van der Waals surface area contributed by atoms with Crippen molar-refractivity contribution < 1.29 is 9.90 Å². The topological polar surface area (TPSA) is 59.3 Å². The van der Waals surface area contributed by atoms with E-state index < -0.39 is 5.97 Å². The van der Waals surface area contributed by atoms with Crippen LogP contribution in [0, 0.1) is 6.92 Å². The summed E-state index contributed by atoms with van der Waals surface area (Å²) in [6.07, 6.45) is 1.86. The molecule has 20 heavy (non-hydrogen) atoms. The highest BCUT2D eigenvalue weighted by Crippen LogP contribution is 2.29. The Balaban J connectivity index is 2.43. The molecule has 0 spiro atoms. The van der Waals surface area contributed by atoms with Crippen LogP contribution in [-0.4, -0.2) is 15.6 Å². The van der Waals surface area contributed by atoms with Crippen molar-refractivity contribution in [2.45, 2.75) is 6.92 Å². The Morgan fingerprint density at radius 2 is 2.10 bits per heavy atom. The van der Waals surface area contributed by atoms with Gasteiger partial charge in [-0.25, -0.2) is 4.79 Å². The molecule has 2 heterocycles. The van der Waals surface area contributed by atoms with Crippen LogP contribution in [0.3, 0.4) is 0 Å². The van der Waals surface area contributed by atoms with Crippen LogP contribution in [0.15, 0.2) is 46.0 Å². The number of carboxylic acids is 1. The van der Waals surface area contributed by atoms with Crippen LogP contribution in [0.2, 0.25) is 0 Å². The molecule has 1 N–H and O–H groups in total. The van der Waals surface area contributed by atoms with Crippen LogP contribution in [-0.2, 0) is 0 Å². The summed E-state index contributed by atoms with van der Waals surface area (Å²) in [6.45, 7) is 1.75. The molecule has 100 valence electrons. The van der Waals surface area contributed by atoms with Gasteiger partial charge in [0.05, 0.1) is 11.3 Å². The highest BCUT2D eigenvalue weighted by Gasteiger charge is 2.20. The second kappa shape index (κ2) is 4.61. The summed E-state index contributed by atoms with van der Waals surface area (Å²) in [5.41, 5.74) is 2.73. The number of aromatic nitrogens is 1. The quantitative estimate of drug-likeness (QED) is 0.787. The van der Waals surface area contributed by atoms with Gasteiger partial charge >= 0.3 is 5.97 Å². The number of hydrogen-bond donors (Lipinski definition) is 1. The number of thiophene rings is 1. The van der Waals surface area contributed by atoms with Crippen LogP contribution < -0.4 is 5.43 Å². The van der Waals surface area contributed by atoms with Crippen molar-refractivity contribution in [3.63, 3.8) is 0 Å². The highest BCUT2D eigenvalue weighted by atomic mass is 32.1. The molecule has 1 aromatic rings. The molecule has 2 aliphatic rings. The van der Waals surface area contributed by atoms with Gasteiger partial charge < -0.3 is 9.67 Å². The maximum Gasteiger partial charge on any atom is 0.338 e. The summed E-state index contributed by atoms with van der Waals surface area (Å²) < 4.78 is 1.84. The van der Waals surface area contributed by atoms with E-state index in [0.717, 1.165) is 11.3 Å². The number of hydrogen-bond acceptors (Lipinski definition) is 3. The number of carbonyl (C=O) groups is 1. The predicted octanol–water partition coefficient (Wildman–Crippen LogP) is 3.01. The van der Waals surface area contributed by atoms with Gasteiger partial charge in [-0.15, -0.1) is 0 Å². The molecule has 4 nitrogen and oxygen atoms in total. The van der Waals surface area contributed by atoms with Gasteiger partial charge in [0.15, 0.2) is 5.43 Å². The Morgan fingerprint density at radius 3 is 2.75 bits per heavy atom. The van der Waals surface area contributed by atoms with Gasteiger partial charge in [0.25, 0.3) is 0 Å².